The summed E-state index contributed by atoms with van der Waals surface area (Å²) in [5, 5.41) is 4.21. The molecule has 72 valence electrons. The molecule has 0 bridgehead atoms. The summed E-state index contributed by atoms with van der Waals surface area (Å²) >= 11 is 0. The maximum Gasteiger partial charge on any atom is 0.0589 e. The van der Waals surface area contributed by atoms with E-state index in [1.165, 1.54) is 5.56 Å². The third-order valence-electron chi connectivity index (χ3n) is 3.10. The number of rotatable bonds is 2. The maximum absolute atomic E-state index is 5.33. The van der Waals surface area contributed by atoms with Crippen LogP contribution in [-0.4, -0.2) is 23.0 Å². The second kappa shape index (κ2) is 2.84. The molecule has 1 fully saturated rings. The van der Waals surface area contributed by atoms with Crippen LogP contribution in [0.25, 0.3) is 0 Å². The van der Waals surface area contributed by atoms with Crippen molar-refractivity contribution in [1.82, 2.24) is 9.78 Å². The van der Waals surface area contributed by atoms with E-state index in [1.54, 1.807) is 0 Å². The first kappa shape index (κ1) is 8.75. The lowest BCUT2D eigenvalue weighted by Crippen LogP contribution is -2.50. The Morgan fingerprint density at radius 3 is 2.54 bits per heavy atom. The third-order valence-corrected chi connectivity index (χ3v) is 3.10. The number of aromatic nitrogens is 2. The van der Waals surface area contributed by atoms with Crippen molar-refractivity contribution in [3.05, 3.63) is 18.0 Å². The Hall–Kier alpha value is -0.830. The van der Waals surface area contributed by atoms with Crippen LogP contribution in [0.1, 0.15) is 19.4 Å². The molecule has 1 aliphatic rings. The van der Waals surface area contributed by atoms with Gasteiger partial charge in [0, 0.05) is 24.2 Å². The summed E-state index contributed by atoms with van der Waals surface area (Å²) in [5.74, 6) is 0.616. The van der Waals surface area contributed by atoms with Crippen molar-refractivity contribution in [1.29, 1.82) is 0 Å². The van der Waals surface area contributed by atoms with Crippen molar-refractivity contribution < 1.29 is 4.74 Å². The molecule has 1 aromatic rings. The molecule has 0 saturated carbocycles. The zero-order valence-electron chi connectivity index (χ0n) is 8.45. The van der Waals surface area contributed by atoms with E-state index >= 15 is 0 Å². The lowest BCUT2D eigenvalue weighted by molar-refractivity contribution is -0.0837. The second-order valence-corrected chi connectivity index (χ2v) is 4.21. The quantitative estimate of drug-likeness (QED) is 0.686. The average Bonchev–Trinajstić information content (AvgIpc) is 2.32. The van der Waals surface area contributed by atoms with E-state index in [2.05, 4.69) is 25.1 Å². The molecular weight excluding hydrogens is 164 g/mol. The van der Waals surface area contributed by atoms with E-state index in [0.717, 1.165) is 13.2 Å². The Balaban J connectivity index is 2.31. The fraction of sp³-hybridized carbons (Fsp3) is 0.700. The largest absolute Gasteiger partial charge is 0.379 e. The van der Waals surface area contributed by atoms with Crippen LogP contribution in [0.2, 0.25) is 0 Å². The fourth-order valence-electron chi connectivity index (χ4n) is 1.83. The molecule has 0 atom stereocenters. The molecule has 0 aliphatic carbocycles. The van der Waals surface area contributed by atoms with Crippen LogP contribution < -0.4 is 0 Å². The van der Waals surface area contributed by atoms with Gasteiger partial charge in [-0.1, -0.05) is 13.8 Å². The van der Waals surface area contributed by atoms with Gasteiger partial charge in [0.15, 0.2) is 0 Å². The highest BCUT2D eigenvalue weighted by Gasteiger charge is 2.43. The molecule has 2 rings (SSSR count). The SMILES string of the molecule is CC(C)C1(c2cnn(C)c2)COC1. The predicted octanol–water partition coefficient (Wildman–Crippen LogP) is 1.34. The van der Waals surface area contributed by atoms with Gasteiger partial charge in [-0.3, -0.25) is 4.68 Å². The average molecular weight is 180 g/mol. The van der Waals surface area contributed by atoms with E-state index < -0.39 is 0 Å². The summed E-state index contributed by atoms with van der Waals surface area (Å²) in [6.45, 7) is 6.18. The van der Waals surface area contributed by atoms with Crippen LogP contribution >= 0.6 is 0 Å². The van der Waals surface area contributed by atoms with Gasteiger partial charge < -0.3 is 4.74 Å². The summed E-state index contributed by atoms with van der Waals surface area (Å²) < 4.78 is 7.19. The summed E-state index contributed by atoms with van der Waals surface area (Å²) in [4.78, 5) is 0. The molecule has 0 unspecified atom stereocenters. The van der Waals surface area contributed by atoms with Crippen LogP contribution in [0.5, 0.6) is 0 Å². The molecular formula is C10H16N2O. The van der Waals surface area contributed by atoms with Gasteiger partial charge in [0.25, 0.3) is 0 Å². The van der Waals surface area contributed by atoms with E-state index in [0.29, 0.717) is 5.92 Å². The van der Waals surface area contributed by atoms with Gasteiger partial charge >= 0.3 is 0 Å². The highest BCUT2D eigenvalue weighted by molar-refractivity contribution is 5.23. The maximum atomic E-state index is 5.33. The van der Waals surface area contributed by atoms with Gasteiger partial charge in [0.05, 0.1) is 19.4 Å². The minimum absolute atomic E-state index is 0.230. The smallest absolute Gasteiger partial charge is 0.0589 e. The molecule has 1 saturated heterocycles. The van der Waals surface area contributed by atoms with Crippen LogP contribution in [0.4, 0.5) is 0 Å². The molecule has 3 nitrogen and oxygen atoms in total. The predicted molar refractivity (Wildman–Crippen MR) is 50.5 cm³/mol. The number of hydrogen-bond donors (Lipinski definition) is 0. The second-order valence-electron chi connectivity index (χ2n) is 4.21. The van der Waals surface area contributed by atoms with E-state index in [1.807, 2.05) is 17.9 Å². The summed E-state index contributed by atoms with van der Waals surface area (Å²) in [6.07, 6.45) is 4.06. The molecule has 0 aromatic carbocycles. The number of hydrogen-bond acceptors (Lipinski definition) is 2. The molecule has 0 spiro atoms. The fourth-order valence-corrected chi connectivity index (χ4v) is 1.83. The Labute approximate surface area is 78.7 Å². The number of ether oxygens (including phenoxy) is 1. The van der Waals surface area contributed by atoms with Crippen molar-refractivity contribution >= 4 is 0 Å². The Kier molecular flexibility index (Phi) is 1.91. The third kappa shape index (κ3) is 1.18. The zero-order chi connectivity index (χ0) is 9.47. The van der Waals surface area contributed by atoms with Crippen molar-refractivity contribution in [2.75, 3.05) is 13.2 Å². The van der Waals surface area contributed by atoms with Gasteiger partial charge in [-0.15, -0.1) is 0 Å². The molecule has 0 amide bonds. The van der Waals surface area contributed by atoms with Crippen LogP contribution in [-0.2, 0) is 17.2 Å². The normalized spacial score (nSPS) is 20.3. The van der Waals surface area contributed by atoms with Crippen molar-refractivity contribution in [3.8, 4) is 0 Å². The van der Waals surface area contributed by atoms with Gasteiger partial charge in [-0.2, -0.15) is 5.10 Å². The van der Waals surface area contributed by atoms with Crippen molar-refractivity contribution in [2.24, 2.45) is 13.0 Å². The van der Waals surface area contributed by atoms with Gasteiger partial charge in [-0.25, -0.2) is 0 Å². The molecule has 0 radical (unpaired) electrons. The van der Waals surface area contributed by atoms with Gasteiger partial charge in [-0.05, 0) is 5.92 Å². The summed E-state index contributed by atoms with van der Waals surface area (Å²) in [5.41, 5.74) is 1.55. The molecule has 1 aromatic heterocycles. The molecule has 1 aliphatic heterocycles. The minimum atomic E-state index is 0.230. The topological polar surface area (TPSA) is 27.1 Å². The molecule has 13 heavy (non-hydrogen) atoms. The molecule has 2 heterocycles. The van der Waals surface area contributed by atoms with Crippen molar-refractivity contribution in [3.63, 3.8) is 0 Å². The Morgan fingerprint density at radius 1 is 1.54 bits per heavy atom. The lowest BCUT2D eigenvalue weighted by atomic mass is 9.71. The van der Waals surface area contributed by atoms with Crippen LogP contribution in [0.3, 0.4) is 0 Å². The van der Waals surface area contributed by atoms with Gasteiger partial charge in [0.1, 0.15) is 0 Å². The molecule has 0 N–H and O–H groups in total. The first-order valence-corrected chi connectivity index (χ1v) is 4.72. The Bertz CT molecular complexity index is 300. The van der Waals surface area contributed by atoms with Gasteiger partial charge in [0.2, 0.25) is 0 Å². The van der Waals surface area contributed by atoms with Crippen molar-refractivity contribution in [2.45, 2.75) is 19.3 Å². The Morgan fingerprint density at radius 2 is 2.23 bits per heavy atom. The number of aryl methyl sites for hydroxylation is 1. The minimum Gasteiger partial charge on any atom is -0.379 e. The monoisotopic (exact) mass is 180 g/mol. The lowest BCUT2D eigenvalue weighted by Gasteiger charge is -2.44. The van der Waals surface area contributed by atoms with Crippen LogP contribution in [0, 0.1) is 5.92 Å². The first-order valence-electron chi connectivity index (χ1n) is 4.72. The zero-order valence-corrected chi connectivity index (χ0v) is 8.45. The summed E-state index contributed by atoms with van der Waals surface area (Å²) in [7, 11) is 1.96. The first-order chi connectivity index (χ1) is 6.15. The van der Waals surface area contributed by atoms with Crippen LogP contribution in [0.15, 0.2) is 12.4 Å². The number of nitrogens with zero attached hydrogens (tertiary/aromatic N) is 2. The van der Waals surface area contributed by atoms with E-state index in [-0.39, 0.29) is 5.41 Å². The highest BCUT2D eigenvalue weighted by Crippen LogP contribution is 2.38. The molecule has 3 heteroatoms. The standard InChI is InChI=1S/C10H16N2O/c1-8(2)10(6-13-7-10)9-4-11-12(3)5-9/h4-5,8H,6-7H2,1-3H3. The van der Waals surface area contributed by atoms with E-state index in [4.69, 9.17) is 4.74 Å². The summed E-state index contributed by atoms with van der Waals surface area (Å²) in [6, 6.07) is 0. The highest BCUT2D eigenvalue weighted by atomic mass is 16.5. The van der Waals surface area contributed by atoms with E-state index in [9.17, 15) is 0 Å².